The van der Waals surface area contributed by atoms with Crippen molar-refractivity contribution < 1.29 is 27.4 Å². The molecule has 1 amide bonds. The first kappa shape index (κ1) is 24.5. The van der Waals surface area contributed by atoms with Crippen LogP contribution in [0, 0.1) is 0 Å². The van der Waals surface area contributed by atoms with Crippen molar-refractivity contribution in [3.8, 4) is 17.2 Å². The number of benzene rings is 2. The van der Waals surface area contributed by atoms with Gasteiger partial charge in [0.15, 0.2) is 18.1 Å². The molecule has 9 heteroatoms. The molecule has 0 saturated heterocycles. The summed E-state index contributed by atoms with van der Waals surface area (Å²) in [4.78, 5) is 12.4. The summed E-state index contributed by atoms with van der Waals surface area (Å²) in [5, 5.41) is 2.85. The molecule has 0 fully saturated rings. The third kappa shape index (κ3) is 7.15. The molecule has 0 heterocycles. The molecule has 1 atom stereocenters. The smallest absolute Gasteiger partial charge is 0.258 e. The van der Waals surface area contributed by atoms with Gasteiger partial charge in [-0.25, -0.2) is 13.1 Å². The van der Waals surface area contributed by atoms with Crippen LogP contribution in [0.5, 0.6) is 17.2 Å². The number of sulfonamides is 1. The predicted molar refractivity (Wildman–Crippen MR) is 118 cm³/mol. The Morgan fingerprint density at radius 3 is 2.32 bits per heavy atom. The van der Waals surface area contributed by atoms with Crippen molar-refractivity contribution in [1.29, 1.82) is 0 Å². The van der Waals surface area contributed by atoms with Gasteiger partial charge >= 0.3 is 0 Å². The van der Waals surface area contributed by atoms with Crippen molar-refractivity contribution in [2.45, 2.75) is 37.6 Å². The average Bonchev–Trinajstić information content (AvgIpc) is 2.77. The van der Waals surface area contributed by atoms with Crippen LogP contribution < -0.4 is 24.2 Å². The molecule has 31 heavy (non-hydrogen) atoms. The zero-order chi connectivity index (χ0) is 22.9. The number of methoxy groups -OCH3 is 2. The molecule has 170 valence electrons. The zero-order valence-corrected chi connectivity index (χ0v) is 19.1. The van der Waals surface area contributed by atoms with E-state index in [0.717, 1.165) is 18.4 Å². The quantitative estimate of drug-likeness (QED) is 0.482. The van der Waals surface area contributed by atoms with Gasteiger partial charge in [-0.05, 0) is 55.3 Å². The molecule has 0 aliphatic rings. The van der Waals surface area contributed by atoms with Crippen LogP contribution in [-0.2, 0) is 14.8 Å². The predicted octanol–water partition coefficient (Wildman–Crippen LogP) is 3.04. The number of carbonyl (C=O) groups is 1. The lowest BCUT2D eigenvalue weighted by molar-refractivity contribution is -0.123. The number of carbonyl (C=O) groups excluding carboxylic acids is 1. The molecule has 2 aromatic rings. The average molecular weight is 451 g/mol. The molecule has 0 radical (unpaired) electrons. The van der Waals surface area contributed by atoms with E-state index >= 15 is 0 Å². The SMILES string of the molecule is CCCCNS(=O)(=O)c1ccc(OCC(=O)N[C@H](C)c2ccc(OC)c(OC)c2)cc1. The summed E-state index contributed by atoms with van der Waals surface area (Å²) in [5.74, 6) is 1.29. The maximum absolute atomic E-state index is 12.3. The third-order valence-corrected chi connectivity index (χ3v) is 6.09. The second kappa shape index (κ2) is 11.6. The molecule has 2 rings (SSSR count). The Morgan fingerprint density at radius 2 is 1.71 bits per heavy atom. The van der Waals surface area contributed by atoms with Crippen molar-refractivity contribution in [2.24, 2.45) is 0 Å². The first-order valence-electron chi connectivity index (χ1n) is 10.0. The Balaban J connectivity index is 1.89. The van der Waals surface area contributed by atoms with Crippen molar-refractivity contribution in [1.82, 2.24) is 10.0 Å². The van der Waals surface area contributed by atoms with Gasteiger partial charge < -0.3 is 19.5 Å². The lowest BCUT2D eigenvalue weighted by atomic mass is 10.1. The van der Waals surface area contributed by atoms with Crippen LogP contribution >= 0.6 is 0 Å². The molecular formula is C22H30N2O6S. The Bertz CT molecular complexity index is 960. The van der Waals surface area contributed by atoms with Gasteiger partial charge in [-0.2, -0.15) is 0 Å². The van der Waals surface area contributed by atoms with Gasteiger partial charge in [-0.3, -0.25) is 4.79 Å². The van der Waals surface area contributed by atoms with E-state index in [0.29, 0.717) is 23.8 Å². The standard InChI is InChI=1S/C22H30N2O6S/c1-5-6-13-23-31(26,27)19-10-8-18(9-11-19)30-15-22(25)24-16(2)17-7-12-20(28-3)21(14-17)29-4/h7-12,14,16,23H,5-6,13,15H2,1-4H3,(H,24,25)/t16-/m1/s1. The van der Waals surface area contributed by atoms with Gasteiger partial charge in [-0.1, -0.05) is 19.4 Å². The van der Waals surface area contributed by atoms with Crippen molar-refractivity contribution in [3.05, 3.63) is 48.0 Å². The Kier molecular flexibility index (Phi) is 9.14. The highest BCUT2D eigenvalue weighted by Crippen LogP contribution is 2.29. The maximum atomic E-state index is 12.3. The first-order chi connectivity index (χ1) is 14.8. The van der Waals surface area contributed by atoms with Crippen LogP contribution in [0.25, 0.3) is 0 Å². The van der Waals surface area contributed by atoms with Crippen LogP contribution in [0.4, 0.5) is 0 Å². The largest absolute Gasteiger partial charge is 0.493 e. The van der Waals surface area contributed by atoms with Crippen LogP contribution in [0.1, 0.15) is 38.3 Å². The number of amides is 1. The highest BCUT2D eigenvalue weighted by atomic mass is 32.2. The normalized spacial score (nSPS) is 12.1. The molecule has 0 unspecified atom stereocenters. The fourth-order valence-corrected chi connectivity index (χ4v) is 3.89. The van der Waals surface area contributed by atoms with Crippen LogP contribution in [0.15, 0.2) is 47.4 Å². The topological polar surface area (TPSA) is 103 Å². The molecular weight excluding hydrogens is 420 g/mol. The Morgan fingerprint density at radius 1 is 1.03 bits per heavy atom. The van der Waals surface area contributed by atoms with E-state index in [1.165, 1.54) is 24.3 Å². The van der Waals surface area contributed by atoms with Crippen molar-refractivity contribution in [2.75, 3.05) is 27.4 Å². The van der Waals surface area contributed by atoms with E-state index in [-0.39, 0.29) is 23.5 Å². The maximum Gasteiger partial charge on any atom is 0.258 e. The van der Waals surface area contributed by atoms with Gasteiger partial charge in [0.2, 0.25) is 10.0 Å². The molecule has 2 aromatic carbocycles. The Hall–Kier alpha value is -2.78. The van der Waals surface area contributed by atoms with Crippen LogP contribution in [0.2, 0.25) is 0 Å². The van der Waals surface area contributed by atoms with E-state index in [2.05, 4.69) is 10.0 Å². The minimum Gasteiger partial charge on any atom is -0.493 e. The number of unbranched alkanes of at least 4 members (excludes halogenated alkanes) is 1. The fraction of sp³-hybridized carbons (Fsp3) is 0.409. The van der Waals surface area contributed by atoms with E-state index in [9.17, 15) is 13.2 Å². The highest BCUT2D eigenvalue weighted by Gasteiger charge is 2.15. The number of ether oxygens (including phenoxy) is 3. The van der Waals surface area contributed by atoms with E-state index in [1.807, 2.05) is 19.9 Å². The zero-order valence-electron chi connectivity index (χ0n) is 18.3. The summed E-state index contributed by atoms with van der Waals surface area (Å²) < 4.78 is 42.9. The number of hydrogen-bond donors (Lipinski definition) is 2. The lowest BCUT2D eigenvalue weighted by Gasteiger charge is -2.17. The summed E-state index contributed by atoms with van der Waals surface area (Å²) in [7, 11) is -0.429. The molecule has 0 bridgehead atoms. The van der Waals surface area contributed by atoms with Gasteiger partial charge in [0.25, 0.3) is 5.91 Å². The minimum absolute atomic E-state index is 0.155. The first-order valence-corrected chi connectivity index (χ1v) is 11.5. The van der Waals surface area contributed by atoms with E-state index < -0.39 is 10.0 Å². The van der Waals surface area contributed by atoms with Crippen molar-refractivity contribution in [3.63, 3.8) is 0 Å². The van der Waals surface area contributed by atoms with Gasteiger partial charge in [0.05, 0.1) is 25.2 Å². The van der Waals surface area contributed by atoms with Gasteiger partial charge in [-0.15, -0.1) is 0 Å². The van der Waals surface area contributed by atoms with Crippen LogP contribution in [0.3, 0.4) is 0 Å². The van der Waals surface area contributed by atoms with E-state index in [4.69, 9.17) is 14.2 Å². The molecule has 2 N–H and O–H groups in total. The minimum atomic E-state index is -3.54. The molecule has 0 aromatic heterocycles. The molecule has 8 nitrogen and oxygen atoms in total. The lowest BCUT2D eigenvalue weighted by Crippen LogP contribution is -2.31. The Labute approximate surface area is 184 Å². The summed E-state index contributed by atoms with van der Waals surface area (Å²) in [6.07, 6.45) is 1.68. The second-order valence-corrected chi connectivity index (χ2v) is 8.68. The molecule has 0 saturated carbocycles. The van der Waals surface area contributed by atoms with Gasteiger partial charge in [0, 0.05) is 6.54 Å². The summed E-state index contributed by atoms with van der Waals surface area (Å²) in [6, 6.07) is 11.1. The van der Waals surface area contributed by atoms with Gasteiger partial charge in [0.1, 0.15) is 5.75 Å². The van der Waals surface area contributed by atoms with E-state index in [1.54, 1.807) is 26.4 Å². The summed E-state index contributed by atoms with van der Waals surface area (Å²) in [5.41, 5.74) is 0.858. The van der Waals surface area contributed by atoms with Crippen LogP contribution in [-0.4, -0.2) is 41.7 Å². The number of nitrogens with one attached hydrogen (secondary N) is 2. The summed E-state index contributed by atoms with van der Waals surface area (Å²) in [6.45, 7) is 4.05. The molecule has 0 spiro atoms. The fourth-order valence-electron chi connectivity index (χ4n) is 2.82. The number of rotatable bonds is 12. The summed E-state index contributed by atoms with van der Waals surface area (Å²) >= 11 is 0. The molecule has 0 aliphatic heterocycles. The highest BCUT2D eigenvalue weighted by molar-refractivity contribution is 7.89. The monoisotopic (exact) mass is 450 g/mol. The van der Waals surface area contributed by atoms with Crippen molar-refractivity contribution >= 4 is 15.9 Å². The third-order valence-electron chi connectivity index (χ3n) is 4.61. The second-order valence-electron chi connectivity index (χ2n) is 6.92. The molecule has 0 aliphatic carbocycles. The number of hydrogen-bond acceptors (Lipinski definition) is 6.